The lowest BCUT2D eigenvalue weighted by Gasteiger charge is -2.22. The zero-order chi connectivity index (χ0) is 18.6. The molecule has 0 fully saturated rings. The summed E-state index contributed by atoms with van der Waals surface area (Å²) in [6.45, 7) is 7.41. The molecule has 0 aromatic rings. The molecule has 24 heavy (non-hydrogen) atoms. The van der Waals surface area contributed by atoms with Crippen molar-refractivity contribution in [3.63, 3.8) is 0 Å². The third-order valence-electron chi connectivity index (χ3n) is 2.71. The van der Waals surface area contributed by atoms with Gasteiger partial charge in [-0.3, -0.25) is 4.79 Å². The SMILES string of the molecule is CCOC(=O)CCSCCC[C@H](NC(=O)OC(C)(C)C)C(=O)OC. The molecule has 1 amide bonds. The number of ether oxygens (including phenoxy) is 3. The second-order valence-electron chi connectivity index (χ2n) is 6.03. The molecule has 0 aliphatic carbocycles. The van der Waals surface area contributed by atoms with E-state index in [4.69, 9.17) is 14.2 Å². The lowest BCUT2D eigenvalue weighted by molar-refractivity contribution is -0.143. The first-order chi connectivity index (χ1) is 11.2. The first kappa shape index (κ1) is 22.6. The minimum atomic E-state index is -0.740. The molecule has 0 unspecified atom stereocenters. The number of amides is 1. The maximum Gasteiger partial charge on any atom is 0.408 e. The Labute approximate surface area is 148 Å². The minimum Gasteiger partial charge on any atom is -0.467 e. The Hall–Kier alpha value is -1.44. The van der Waals surface area contributed by atoms with Gasteiger partial charge in [-0.05, 0) is 46.3 Å². The summed E-state index contributed by atoms with van der Waals surface area (Å²) in [5.74, 6) is 0.728. The summed E-state index contributed by atoms with van der Waals surface area (Å²) >= 11 is 1.60. The van der Waals surface area contributed by atoms with Crippen LogP contribution in [0.15, 0.2) is 0 Å². The lowest BCUT2D eigenvalue weighted by atomic mass is 10.1. The van der Waals surface area contributed by atoms with E-state index in [1.54, 1.807) is 39.5 Å². The molecule has 0 aliphatic heterocycles. The maximum absolute atomic E-state index is 11.8. The average molecular weight is 363 g/mol. The van der Waals surface area contributed by atoms with Gasteiger partial charge in [0.15, 0.2) is 0 Å². The van der Waals surface area contributed by atoms with Crippen molar-refractivity contribution < 1.29 is 28.6 Å². The van der Waals surface area contributed by atoms with Crippen LogP contribution in [0.2, 0.25) is 0 Å². The third-order valence-corrected chi connectivity index (χ3v) is 3.78. The summed E-state index contributed by atoms with van der Waals surface area (Å²) in [5, 5.41) is 2.53. The second-order valence-corrected chi connectivity index (χ2v) is 7.26. The number of rotatable bonds is 10. The molecule has 0 bridgehead atoms. The van der Waals surface area contributed by atoms with Crippen LogP contribution in [0.3, 0.4) is 0 Å². The summed E-state index contributed by atoms with van der Waals surface area (Å²) in [6, 6.07) is -0.740. The van der Waals surface area contributed by atoms with E-state index in [2.05, 4.69) is 5.32 Å². The van der Waals surface area contributed by atoms with Crippen molar-refractivity contribution >= 4 is 29.8 Å². The topological polar surface area (TPSA) is 90.9 Å². The van der Waals surface area contributed by atoms with Crippen LogP contribution in [0.25, 0.3) is 0 Å². The van der Waals surface area contributed by atoms with Gasteiger partial charge in [0, 0.05) is 5.75 Å². The van der Waals surface area contributed by atoms with E-state index in [9.17, 15) is 14.4 Å². The summed E-state index contributed by atoms with van der Waals surface area (Å²) in [5.41, 5.74) is -0.631. The Morgan fingerprint density at radius 2 is 1.83 bits per heavy atom. The Morgan fingerprint density at radius 1 is 1.17 bits per heavy atom. The van der Waals surface area contributed by atoms with Crippen LogP contribution < -0.4 is 5.32 Å². The zero-order valence-electron chi connectivity index (χ0n) is 15.2. The number of esters is 2. The minimum absolute atomic E-state index is 0.205. The Bertz CT molecular complexity index is 408. The predicted molar refractivity (Wildman–Crippen MR) is 93.0 cm³/mol. The molecule has 0 saturated carbocycles. The van der Waals surface area contributed by atoms with E-state index in [1.807, 2.05) is 0 Å². The molecule has 0 spiro atoms. The van der Waals surface area contributed by atoms with Gasteiger partial charge in [-0.25, -0.2) is 9.59 Å². The quantitative estimate of drug-likeness (QED) is 0.362. The number of hydrogen-bond donors (Lipinski definition) is 1. The third kappa shape index (κ3) is 12.0. The monoisotopic (exact) mass is 363 g/mol. The van der Waals surface area contributed by atoms with E-state index >= 15 is 0 Å². The highest BCUT2D eigenvalue weighted by molar-refractivity contribution is 7.99. The molecule has 0 aromatic heterocycles. The molecule has 0 rings (SSSR count). The Morgan fingerprint density at radius 3 is 2.38 bits per heavy atom. The van der Waals surface area contributed by atoms with E-state index in [1.165, 1.54) is 7.11 Å². The molecule has 140 valence electrons. The van der Waals surface area contributed by atoms with Crippen molar-refractivity contribution in [3.8, 4) is 0 Å². The van der Waals surface area contributed by atoms with E-state index in [0.717, 1.165) is 5.75 Å². The number of thioether (sulfide) groups is 1. The van der Waals surface area contributed by atoms with Crippen molar-refractivity contribution in [2.75, 3.05) is 25.2 Å². The smallest absolute Gasteiger partial charge is 0.408 e. The summed E-state index contributed by atoms with van der Waals surface area (Å²) < 4.78 is 14.7. The van der Waals surface area contributed by atoms with E-state index in [0.29, 0.717) is 31.6 Å². The van der Waals surface area contributed by atoms with Crippen molar-refractivity contribution in [3.05, 3.63) is 0 Å². The van der Waals surface area contributed by atoms with Crippen LogP contribution in [-0.4, -0.2) is 54.9 Å². The highest BCUT2D eigenvalue weighted by atomic mass is 32.2. The summed E-state index contributed by atoms with van der Waals surface area (Å²) in [4.78, 5) is 34.7. The highest BCUT2D eigenvalue weighted by Crippen LogP contribution is 2.11. The first-order valence-electron chi connectivity index (χ1n) is 8.00. The fraction of sp³-hybridized carbons (Fsp3) is 0.812. The molecule has 1 N–H and O–H groups in total. The molecule has 8 heteroatoms. The number of methoxy groups -OCH3 is 1. The van der Waals surface area contributed by atoms with Crippen LogP contribution in [0, 0.1) is 0 Å². The number of carbonyl (C=O) groups excluding carboxylic acids is 3. The van der Waals surface area contributed by atoms with Crippen LogP contribution >= 0.6 is 11.8 Å². The molecule has 0 radical (unpaired) electrons. The Kier molecular flexibility index (Phi) is 11.3. The molecule has 1 atom stereocenters. The number of hydrogen-bond acceptors (Lipinski definition) is 7. The zero-order valence-corrected chi connectivity index (χ0v) is 16.0. The second kappa shape index (κ2) is 12.0. The summed E-state index contributed by atoms with van der Waals surface area (Å²) in [6.07, 6.45) is 0.865. The van der Waals surface area contributed by atoms with Gasteiger partial charge in [0.2, 0.25) is 0 Å². The van der Waals surface area contributed by atoms with Crippen molar-refractivity contribution in [1.29, 1.82) is 0 Å². The molecular formula is C16H29NO6S. The van der Waals surface area contributed by atoms with Gasteiger partial charge < -0.3 is 19.5 Å². The van der Waals surface area contributed by atoms with Gasteiger partial charge in [0.1, 0.15) is 11.6 Å². The van der Waals surface area contributed by atoms with E-state index < -0.39 is 23.7 Å². The molecule has 7 nitrogen and oxygen atoms in total. The molecule has 0 aromatic carbocycles. The van der Waals surface area contributed by atoms with Crippen molar-refractivity contribution in [2.24, 2.45) is 0 Å². The fourth-order valence-electron chi connectivity index (χ4n) is 1.72. The lowest BCUT2D eigenvalue weighted by Crippen LogP contribution is -2.44. The van der Waals surface area contributed by atoms with Crippen LogP contribution in [0.4, 0.5) is 4.79 Å². The van der Waals surface area contributed by atoms with Gasteiger partial charge in [-0.2, -0.15) is 11.8 Å². The molecular weight excluding hydrogens is 334 g/mol. The molecule has 0 heterocycles. The van der Waals surface area contributed by atoms with Gasteiger partial charge in [-0.15, -0.1) is 0 Å². The number of nitrogens with one attached hydrogen (secondary N) is 1. The number of carbonyl (C=O) groups is 3. The number of alkyl carbamates (subject to hydrolysis) is 1. The Balaban J connectivity index is 4.11. The van der Waals surface area contributed by atoms with Gasteiger partial charge >= 0.3 is 18.0 Å². The average Bonchev–Trinajstić information content (AvgIpc) is 2.47. The van der Waals surface area contributed by atoms with Gasteiger partial charge in [0.05, 0.1) is 20.1 Å². The molecule has 0 saturated heterocycles. The predicted octanol–water partition coefficient (Wildman–Crippen LogP) is 2.52. The maximum atomic E-state index is 11.8. The van der Waals surface area contributed by atoms with Crippen molar-refractivity contribution in [2.45, 2.75) is 58.6 Å². The largest absolute Gasteiger partial charge is 0.467 e. The van der Waals surface area contributed by atoms with Crippen LogP contribution in [-0.2, 0) is 23.8 Å². The van der Waals surface area contributed by atoms with Crippen LogP contribution in [0.5, 0.6) is 0 Å². The fourth-order valence-corrected chi connectivity index (χ4v) is 2.61. The standard InChI is InChI=1S/C16H29NO6S/c1-6-22-13(18)9-11-24-10-7-8-12(14(19)21-5)17-15(20)23-16(2,3)4/h12H,6-11H2,1-5H3,(H,17,20)/t12-/m0/s1. The van der Waals surface area contributed by atoms with E-state index in [-0.39, 0.29) is 5.97 Å². The first-order valence-corrected chi connectivity index (χ1v) is 9.15. The molecule has 0 aliphatic rings. The normalized spacial score (nSPS) is 12.2. The summed E-state index contributed by atoms with van der Waals surface area (Å²) in [7, 11) is 1.28. The highest BCUT2D eigenvalue weighted by Gasteiger charge is 2.24. The van der Waals surface area contributed by atoms with Crippen LogP contribution in [0.1, 0.15) is 47.0 Å². The van der Waals surface area contributed by atoms with Crippen molar-refractivity contribution in [1.82, 2.24) is 5.32 Å². The van der Waals surface area contributed by atoms with Gasteiger partial charge in [0.25, 0.3) is 0 Å². The van der Waals surface area contributed by atoms with Gasteiger partial charge in [-0.1, -0.05) is 0 Å².